The highest BCUT2D eigenvalue weighted by molar-refractivity contribution is 5.08. The lowest BCUT2D eigenvalue weighted by Gasteiger charge is -2.42. The van der Waals surface area contributed by atoms with Crippen molar-refractivity contribution in [1.82, 2.24) is 4.90 Å². The molecule has 0 radical (unpaired) electrons. The second-order valence-corrected chi connectivity index (χ2v) is 4.93. The molecule has 1 aliphatic heterocycles. The fraction of sp³-hybridized carbons (Fsp3) is 0.900. The van der Waals surface area contributed by atoms with Crippen molar-refractivity contribution < 1.29 is 0 Å². The number of rotatable bonds is 0. The van der Waals surface area contributed by atoms with Gasteiger partial charge in [-0.15, -0.1) is 0 Å². The maximum absolute atomic E-state index is 8.85. The number of nitriles is 1. The first-order valence-corrected chi connectivity index (χ1v) is 4.83. The molecule has 3 nitrogen and oxygen atoms in total. The summed E-state index contributed by atoms with van der Waals surface area (Å²) in [4.78, 5) is 2.38. The molecule has 3 heteroatoms. The molecule has 1 rings (SSSR count). The maximum Gasteiger partial charge on any atom is 0.106 e. The van der Waals surface area contributed by atoms with Gasteiger partial charge < -0.3 is 5.73 Å². The first kappa shape index (κ1) is 10.5. The quantitative estimate of drug-likeness (QED) is 0.609. The van der Waals surface area contributed by atoms with Crippen molar-refractivity contribution in [3.63, 3.8) is 0 Å². The van der Waals surface area contributed by atoms with Crippen LogP contribution in [0.2, 0.25) is 0 Å². The minimum absolute atomic E-state index is 0.205. The molecule has 74 valence electrons. The van der Waals surface area contributed by atoms with Crippen molar-refractivity contribution >= 4 is 0 Å². The van der Waals surface area contributed by atoms with Gasteiger partial charge in [-0.25, -0.2) is 0 Å². The minimum Gasteiger partial charge on any atom is -0.313 e. The second-order valence-electron chi connectivity index (χ2n) is 4.93. The van der Waals surface area contributed by atoms with Gasteiger partial charge >= 0.3 is 0 Å². The van der Waals surface area contributed by atoms with Crippen LogP contribution in [0.3, 0.4) is 0 Å². The van der Waals surface area contributed by atoms with E-state index in [1.54, 1.807) is 0 Å². The molecule has 0 atom stereocenters. The molecule has 0 aromatic carbocycles. The van der Waals surface area contributed by atoms with Gasteiger partial charge in [0.25, 0.3) is 0 Å². The summed E-state index contributed by atoms with van der Waals surface area (Å²) < 4.78 is 0. The van der Waals surface area contributed by atoms with E-state index in [4.69, 9.17) is 11.0 Å². The van der Waals surface area contributed by atoms with Crippen molar-refractivity contribution in [3.05, 3.63) is 0 Å². The lowest BCUT2D eigenvalue weighted by atomic mass is 9.88. The number of hydrogen-bond donors (Lipinski definition) is 1. The largest absolute Gasteiger partial charge is 0.313 e. The molecule has 0 amide bonds. The fourth-order valence-corrected chi connectivity index (χ4v) is 1.69. The van der Waals surface area contributed by atoms with Gasteiger partial charge in [0.15, 0.2) is 0 Å². The number of piperidine rings is 1. The third kappa shape index (κ3) is 2.43. The summed E-state index contributed by atoms with van der Waals surface area (Å²) in [5, 5.41) is 8.85. The Bertz CT molecular complexity index is 213. The monoisotopic (exact) mass is 181 g/mol. The molecule has 0 bridgehead atoms. The molecule has 0 aromatic heterocycles. The van der Waals surface area contributed by atoms with Crippen molar-refractivity contribution in [2.75, 3.05) is 13.1 Å². The number of nitrogens with two attached hydrogens (primary N) is 1. The first-order valence-electron chi connectivity index (χ1n) is 4.83. The van der Waals surface area contributed by atoms with Crippen molar-refractivity contribution in [3.8, 4) is 6.07 Å². The average molecular weight is 181 g/mol. The third-order valence-corrected chi connectivity index (χ3v) is 2.83. The highest BCUT2D eigenvalue weighted by atomic mass is 15.2. The van der Waals surface area contributed by atoms with Gasteiger partial charge in [0.2, 0.25) is 0 Å². The predicted octanol–water partition coefficient (Wildman–Crippen LogP) is 1.10. The van der Waals surface area contributed by atoms with E-state index in [1.165, 1.54) is 0 Å². The van der Waals surface area contributed by atoms with Crippen molar-refractivity contribution in [2.24, 2.45) is 5.73 Å². The summed E-state index contributed by atoms with van der Waals surface area (Å²) >= 11 is 0. The van der Waals surface area contributed by atoms with Crippen molar-refractivity contribution in [2.45, 2.75) is 44.7 Å². The van der Waals surface area contributed by atoms with E-state index in [2.05, 4.69) is 31.7 Å². The molecule has 0 spiro atoms. The van der Waals surface area contributed by atoms with Gasteiger partial charge in [0, 0.05) is 18.6 Å². The van der Waals surface area contributed by atoms with E-state index in [0.29, 0.717) is 0 Å². The molecule has 1 heterocycles. The number of likely N-dealkylation sites (tertiary alicyclic amines) is 1. The van der Waals surface area contributed by atoms with Gasteiger partial charge in [0.1, 0.15) is 5.54 Å². The molecule has 0 aromatic rings. The van der Waals surface area contributed by atoms with E-state index in [9.17, 15) is 0 Å². The standard InChI is InChI=1S/C10H19N3/c1-9(2,3)13-6-4-10(12,8-11)5-7-13/h4-7,12H2,1-3H3. The summed E-state index contributed by atoms with van der Waals surface area (Å²) in [5.74, 6) is 0. The van der Waals surface area contributed by atoms with Crippen LogP contribution in [0.4, 0.5) is 0 Å². The molecular formula is C10H19N3. The summed E-state index contributed by atoms with van der Waals surface area (Å²) in [6.07, 6.45) is 1.58. The second kappa shape index (κ2) is 3.28. The fourth-order valence-electron chi connectivity index (χ4n) is 1.69. The van der Waals surface area contributed by atoms with Crippen LogP contribution in [-0.4, -0.2) is 29.1 Å². The zero-order valence-corrected chi connectivity index (χ0v) is 8.80. The molecular weight excluding hydrogens is 162 g/mol. The Hall–Kier alpha value is -0.590. The Kier molecular flexibility index (Phi) is 2.65. The Morgan fingerprint density at radius 3 is 2.08 bits per heavy atom. The maximum atomic E-state index is 8.85. The van der Waals surface area contributed by atoms with Gasteiger partial charge in [-0.3, -0.25) is 4.90 Å². The number of nitrogens with zero attached hydrogens (tertiary/aromatic N) is 2. The van der Waals surface area contributed by atoms with E-state index < -0.39 is 5.54 Å². The van der Waals surface area contributed by atoms with Crippen LogP contribution in [0.5, 0.6) is 0 Å². The van der Waals surface area contributed by atoms with Gasteiger partial charge in [-0.1, -0.05) is 0 Å². The van der Waals surface area contributed by atoms with Crippen LogP contribution in [0, 0.1) is 11.3 Å². The average Bonchev–Trinajstić information content (AvgIpc) is 2.04. The first-order chi connectivity index (χ1) is 5.87. The van der Waals surface area contributed by atoms with Crippen LogP contribution >= 0.6 is 0 Å². The molecule has 2 N–H and O–H groups in total. The predicted molar refractivity (Wildman–Crippen MR) is 53.1 cm³/mol. The molecule has 0 unspecified atom stereocenters. The molecule has 1 fully saturated rings. The van der Waals surface area contributed by atoms with E-state index >= 15 is 0 Å². The number of hydrogen-bond acceptors (Lipinski definition) is 3. The lowest BCUT2D eigenvalue weighted by Crippen LogP contribution is -2.54. The highest BCUT2D eigenvalue weighted by Gasteiger charge is 2.34. The molecule has 1 saturated heterocycles. The summed E-state index contributed by atoms with van der Waals surface area (Å²) in [6.45, 7) is 8.47. The van der Waals surface area contributed by atoms with Gasteiger partial charge in [0.05, 0.1) is 6.07 Å². The minimum atomic E-state index is -0.568. The Morgan fingerprint density at radius 1 is 1.31 bits per heavy atom. The zero-order chi connectivity index (χ0) is 10.1. The van der Waals surface area contributed by atoms with E-state index in [-0.39, 0.29) is 5.54 Å². The molecule has 0 aliphatic carbocycles. The molecule has 0 saturated carbocycles. The van der Waals surface area contributed by atoms with Crippen LogP contribution < -0.4 is 5.73 Å². The topological polar surface area (TPSA) is 53.0 Å². The van der Waals surface area contributed by atoms with E-state index in [0.717, 1.165) is 25.9 Å². The van der Waals surface area contributed by atoms with Crippen molar-refractivity contribution in [1.29, 1.82) is 5.26 Å². The summed E-state index contributed by atoms with van der Waals surface area (Å²) in [7, 11) is 0. The smallest absolute Gasteiger partial charge is 0.106 e. The van der Waals surface area contributed by atoms with Crippen LogP contribution in [0.1, 0.15) is 33.6 Å². The van der Waals surface area contributed by atoms with Crippen LogP contribution in [0.15, 0.2) is 0 Å². The highest BCUT2D eigenvalue weighted by Crippen LogP contribution is 2.24. The van der Waals surface area contributed by atoms with Gasteiger partial charge in [-0.2, -0.15) is 5.26 Å². The van der Waals surface area contributed by atoms with E-state index in [1.807, 2.05) is 0 Å². The Labute approximate surface area is 80.5 Å². The molecule has 13 heavy (non-hydrogen) atoms. The lowest BCUT2D eigenvalue weighted by molar-refractivity contribution is 0.0903. The zero-order valence-electron chi connectivity index (χ0n) is 8.80. The SMILES string of the molecule is CC(C)(C)N1CCC(N)(C#N)CC1. The molecule has 1 aliphatic rings. The van der Waals surface area contributed by atoms with Gasteiger partial charge in [-0.05, 0) is 33.6 Å². The van der Waals surface area contributed by atoms with Crippen LogP contribution in [-0.2, 0) is 0 Å². The Morgan fingerprint density at radius 2 is 1.77 bits per heavy atom. The third-order valence-electron chi connectivity index (χ3n) is 2.83. The Balaban J connectivity index is 2.54. The van der Waals surface area contributed by atoms with Crippen LogP contribution in [0.25, 0.3) is 0 Å². The summed E-state index contributed by atoms with van der Waals surface area (Å²) in [5.41, 5.74) is 5.51. The summed E-state index contributed by atoms with van der Waals surface area (Å²) in [6, 6.07) is 2.20. The normalized spacial score (nSPS) is 23.9.